The van der Waals surface area contributed by atoms with Crippen molar-refractivity contribution in [3.05, 3.63) is 89.2 Å². The summed E-state index contributed by atoms with van der Waals surface area (Å²) in [5.41, 5.74) is 3.58. The first kappa shape index (κ1) is 22.1. The Labute approximate surface area is 186 Å². The summed E-state index contributed by atoms with van der Waals surface area (Å²) in [6, 6.07) is 14.7. The van der Waals surface area contributed by atoms with Gasteiger partial charge in [0.25, 0.3) is 5.91 Å². The highest BCUT2D eigenvalue weighted by Gasteiger charge is 2.31. The first-order valence-corrected chi connectivity index (χ1v) is 10.9. The second-order valence-electron chi connectivity index (χ2n) is 8.10. The van der Waals surface area contributed by atoms with Gasteiger partial charge in [0, 0.05) is 37.2 Å². The van der Waals surface area contributed by atoms with E-state index in [2.05, 4.69) is 4.98 Å². The molecule has 0 N–H and O–H groups in total. The van der Waals surface area contributed by atoms with E-state index >= 15 is 0 Å². The number of benzene rings is 2. The summed E-state index contributed by atoms with van der Waals surface area (Å²) in [4.78, 5) is 19.2. The van der Waals surface area contributed by atoms with Crippen molar-refractivity contribution >= 4 is 5.91 Å². The van der Waals surface area contributed by atoms with Crippen LogP contribution < -0.4 is 0 Å². The number of rotatable bonds is 5. The number of halogens is 2. The van der Waals surface area contributed by atoms with Crippen LogP contribution in [0.1, 0.15) is 47.5 Å². The van der Waals surface area contributed by atoms with E-state index in [-0.39, 0.29) is 18.1 Å². The van der Waals surface area contributed by atoms with Gasteiger partial charge < -0.3 is 9.64 Å². The second kappa shape index (κ2) is 9.57. The molecule has 4 rings (SSSR count). The summed E-state index contributed by atoms with van der Waals surface area (Å²) < 4.78 is 33.4. The van der Waals surface area contributed by atoms with Gasteiger partial charge in [0.2, 0.25) is 0 Å². The van der Waals surface area contributed by atoms with E-state index in [0.29, 0.717) is 30.7 Å². The quantitative estimate of drug-likeness (QED) is 0.514. The lowest BCUT2D eigenvalue weighted by Gasteiger charge is -2.37. The van der Waals surface area contributed by atoms with E-state index < -0.39 is 11.6 Å². The second-order valence-corrected chi connectivity index (χ2v) is 8.10. The Morgan fingerprint density at radius 3 is 2.56 bits per heavy atom. The van der Waals surface area contributed by atoms with Gasteiger partial charge in [-0.05, 0) is 73.7 Å². The Morgan fingerprint density at radius 1 is 1.09 bits per heavy atom. The van der Waals surface area contributed by atoms with Crippen LogP contribution in [-0.4, -0.2) is 35.0 Å². The topological polar surface area (TPSA) is 42.4 Å². The Bertz CT molecular complexity index is 1080. The highest BCUT2D eigenvalue weighted by molar-refractivity contribution is 5.94. The van der Waals surface area contributed by atoms with Crippen molar-refractivity contribution in [1.29, 1.82) is 0 Å². The lowest BCUT2D eigenvalue weighted by molar-refractivity contribution is -0.0231. The molecule has 166 valence electrons. The number of hydrogen-bond acceptors (Lipinski definition) is 3. The van der Waals surface area contributed by atoms with Crippen molar-refractivity contribution in [2.24, 2.45) is 0 Å². The highest BCUT2D eigenvalue weighted by Crippen LogP contribution is 2.33. The van der Waals surface area contributed by atoms with E-state index in [1.165, 1.54) is 12.1 Å². The largest absolute Gasteiger partial charge is 0.373 e. The fourth-order valence-electron chi connectivity index (χ4n) is 4.26. The summed E-state index contributed by atoms with van der Waals surface area (Å²) >= 11 is 0. The van der Waals surface area contributed by atoms with Crippen molar-refractivity contribution in [3.63, 3.8) is 0 Å². The lowest BCUT2D eigenvalue weighted by Crippen LogP contribution is -2.44. The number of ether oxygens (including phenoxy) is 1. The minimum atomic E-state index is -0.609. The number of carbonyl (C=O) groups is 1. The van der Waals surface area contributed by atoms with Crippen molar-refractivity contribution in [1.82, 2.24) is 9.88 Å². The smallest absolute Gasteiger partial charge is 0.255 e. The van der Waals surface area contributed by atoms with Gasteiger partial charge in [-0.15, -0.1) is 0 Å². The standard InChI is InChI=1S/C26H26F2N2O2/c1-3-30(26(31)20-8-7-17(2)29-16-20)24-9-10-32-25(15-24)19-6-4-5-18(11-19)21-12-22(27)14-23(28)13-21/h4-8,11-14,16,24-25H,3,9-10,15H2,1-2H3/t24-,25+/m0/s1. The molecule has 1 aliphatic heterocycles. The molecule has 1 amide bonds. The molecular formula is C26H26F2N2O2. The first-order valence-electron chi connectivity index (χ1n) is 10.9. The lowest BCUT2D eigenvalue weighted by atomic mass is 9.93. The number of hydrogen-bond donors (Lipinski definition) is 0. The van der Waals surface area contributed by atoms with E-state index in [1.54, 1.807) is 6.20 Å². The van der Waals surface area contributed by atoms with Crippen molar-refractivity contribution in [3.8, 4) is 11.1 Å². The normalized spacial score (nSPS) is 18.4. The maximum Gasteiger partial charge on any atom is 0.255 e. The molecule has 32 heavy (non-hydrogen) atoms. The van der Waals surface area contributed by atoms with Gasteiger partial charge in [-0.1, -0.05) is 18.2 Å². The van der Waals surface area contributed by atoms with E-state index in [4.69, 9.17) is 4.74 Å². The summed E-state index contributed by atoms with van der Waals surface area (Å²) in [6.07, 6.45) is 2.83. The molecule has 4 nitrogen and oxygen atoms in total. The van der Waals surface area contributed by atoms with Crippen LogP contribution >= 0.6 is 0 Å². The van der Waals surface area contributed by atoms with Crippen LogP contribution in [-0.2, 0) is 4.74 Å². The van der Waals surface area contributed by atoms with Crippen LogP contribution in [0.4, 0.5) is 8.78 Å². The fourth-order valence-corrected chi connectivity index (χ4v) is 4.26. The molecule has 0 unspecified atom stereocenters. The molecule has 2 aromatic carbocycles. The summed E-state index contributed by atoms with van der Waals surface area (Å²) in [6.45, 7) is 4.99. The molecular weight excluding hydrogens is 410 g/mol. The predicted molar refractivity (Wildman–Crippen MR) is 119 cm³/mol. The van der Waals surface area contributed by atoms with E-state index in [1.807, 2.05) is 55.1 Å². The Balaban J connectivity index is 1.54. The van der Waals surface area contributed by atoms with Gasteiger partial charge in [-0.3, -0.25) is 9.78 Å². The van der Waals surface area contributed by atoms with Gasteiger partial charge in [0.15, 0.2) is 0 Å². The Kier molecular flexibility index (Phi) is 6.61. The molecule has 0 spiro atoms. The predicted octanol–water partition coefficient (Wildman–Crippen LogP) is 5.72. The fraction of sp³-hybridized carbons (Fsp3) is 0.308. The van der Waals surface area contributed by atoms with Crippen molar-refractivity contribution < 1.29 is 18.3 Å². The number of aryl methyl sites for hydroxylation is 1. The molecule has 1 aromatic heterocycles. The van der Waals surface area contributed by atoms with Gasteiger partial charge in [0.1, 0.15) is 11.6 Å². The van der Waals surface area contributed by atoms with Crippen LogP contribution in [0.2, 0.25) is 0 Å². The Hall–Kier alpha value is -3.12. The molecule has 1 saturated heterocycles. The van der Waals surface area contributed by atoms with Crippen molar-refractivity contribution in [2.45, 2.75) is 38.8 Å². The molecule has 1 fully saturated rings. The zero-order valence-electron chi connectivity index (χ0n) is 18.2. The van der Waals surface area contributed by atoms with Crippen LogP contribution in [0.3, 0.4) is 0 Å². The molecule has 2 atom stereocenters. The zero-order valence-corrected chi connectivity index (χ0v) is 18.2. The molecule has 1 aliphatic rings. The average molecular weight is 437 g/mol. The maximum absolute atomic E-state index is 13.7. The van der Waals surface area contributed by atoms with Crippen LogP contribution in [0.5, 0.6) is 0 Å². The zero-order chi connectivity index (χ0) is 22.7. The van der Waals surface area contributed by atoms with Crippen molar-refractivity contribution in [2.75, 3.05) is 13.2 Å². The first-order chi connectivity index (χ1) is 15.4. The summed E-state index contributed by atoms with van der Waals surface area (Å²) in [7, 11) is 0. The third kappa shape index (κ3) is 4.86. The summed E-state index contributed by atoms with van der Waals surface area (Å²) in [5.74, 6) is -1.25. The molecule has 6 heteroatoms. The van der Waals surface area contributed by atoms with Gasteiger partial charge >= 0.3 is 0 Å². The highest BCUT2D eigenvalue weighted by atomic mass is 19.1. The third-order valence-corrected chi connectivity index (χ3v) is 5.91. The molecule has 2 heterocycles. The molecule has 3 aromatic rings. The molecule has 0 aliphatic carbocycles. The van der Waals surface area contributed by atoms with Gasteiger partial charge in [0.05, 0.1) is 11.7 Å². The maximum atomic E-state index is 13.7. The van der Waals surface area contributed by atoms with E-state index in [0.717, 1.165) is 29.3 Å². The van der Waals surface area contributed by atoms with Gasteiger partial charge in [-0.25, -0.2) is 8.78 Å². The van der Waals surface area contributed by atoms with E-state index in [9.17, 15) is 13.6 Å². The summed E-state index contributed by atoms with van der Waals surface area (Å²) in [5, 5.41) is 0. The number of amides is 1. The molecule has 0 saturated carbocycles. The Morgan fingerprint density at radius 2 is 1.88 bits per heavy atom. The van der Waals surface area contributed by atoms with Crippen LogP contribution in [0, 0.1) is 18.6 Å². The SMILES string of the molecule is CCN(C(=O)c1ccc(C)nc1)[C@H]1CCO[C@@H](c2cccc(-c3cc(F)cc(F)c3)c2)C1. The third-order valence-electron chi connectivity index (χ3n) is 5.91. The number of carbonyl (C=O) groups excluding carboxylic acids is 1. The monoisotopic (exact) mass is 436 g/mol. The number of pyridine rings is 1. The van der Waals surface area contributed by atoms with Crippen LogP contribution in [0.15, 0.2) is 60.8 Å². The number of aromatic nitrogens is 1. The van der Waals surface area contributed by atoms with Gasteiger partial charge in [-0.2, -0.15) is 0 Å². The van der Waals surface area contributed by atoms with Crippen LogP contribution in [0.25, 0.3) is 11.1 Å². The minimum absolute atomic E-state index is 0.0304. The molecule has 0 bridgehead atoms. The number of nitrogens with zero attached hydrogens (tertiary/aromatic N) is 2. The minimum Gasteiger partial charge on any atom is -0.373 e. The molecule has 0 radical (unpaired) electrons. The average Bonchev–Trinajstić information content (AvgIpc) is 2.80.